The van der Waals surface area contributed by atoms with Crippen molar-refractivity contribution in [3.63, 3.8) is 0 Å². The molecule has 0 aromatic heterocycles. The Balaban J connectivity index is 0.00000242. The average Bonchev–Trinajstić information content (AvgIpc) is 2.84. The van der Waals surface area contributed by atoms with Gasteiger partial charge in [0.25, 0.3) is 0 Å². The minimum absolute atomic E-state index is 0. The zero-order valence-electron chi connectivity index (χ0n) is 13.5. The Labute approximate surface area is 139 Å². The molecule has 0 spiro atoms. The van der Waals surface area contributed by atoms with E-state index in [9.17, 15) is 5.11 Å². The van der Waals surface area contributed by atoms with Crippen molar-refractivity contribution in [3.8, 4) is 11.5 Å². The number of aromatic hydroxyl groups is 1. The molecule has 1 atom stereocenters. The minimum Gasteiger partial charge on any atom is -0.504 e. The van der Waals surface area contributed by atoms with E-state index in [0.29, 0.717) is 12.2 Å². The van der Waals surface area contributed by atoms with Crippen molar-refractivity contribution in [2.24, 2.45) is 11.1 Å². The fourth-order valence-corrected chi connectivity index (χ4v) is 2.97. The highest BCUT2D eigenvalue weighted by atomic mass is 35.5. The SMILES string of the molecule is C=CCc1cc(CN2CCC(C)(CN)C2)cc(OC)c1O.Cl. The van der Waals surface area contributed by atoms with Gasteiger partial charge >= 0.3 is 0 Å². The van der Waals surface area contributed by atoms with E-state index in [4.69, 9.17) is 10.5 Å². The van der Waals surface area contributed by atoms with E-state index in [1.54, 1.807) is 13.2 Å². The van der Waals surface area contributed by atoms with Crippen molar-refractivity contribution in [1.82, 2.24) is 4.90 Å². The summed E-state index contributed by atoms with van der Waals surface area (Å²) in [5.74, 6) is 0.750. The van der Waals surface area contributed by atoms with E-state index in [2.05, 4.69) is 18.4 Å². The van der Waals surface area contributed by atoms with Crippen molar-refractivity contribution in [3.05, 3.63) is 35.9 Å². The number of methoxy groups -OCH3 is 1. The van der Waals surface area contributed by atoms with Gasteiger partial charge in [0, 0.05) is 18.7 Å². The van der Waals surface area contributed by atoms with E-state index in [1.165, 1.54) is 0 Å². The summed E-state index contributed by atoms with van der Waals surface area (Å²) >= 11 is 0. The number of rotatable bonds is 6. The predicted octanol–water partition coefficient (Wildman–Crippen LogP) is 2.72. The van der Waals surface area contributed by atoms with Crippen LogP contribution in [0.2, 0.25) is 0 Å². The second-order valence-corrected chi connectivity index (χ2v) is 6.27. The van der Waals surface area contributed by atoms with Gasteiger partial charge in [-0.3, -0.25) is 4.90 Å². The maximum absolute atomic E-state index is 10.1. The van der Waals surface area contributed by atoms with Crippen LogP contribution < -0.4 is 10.5 Å². The molecule has 3 N–H and O–H groups in total. The highest BCUT2D eigenvalue weighted by molar-refractivity contribution is 5.85. The van der Waals surface area contributed by atoms with Crippen LogP contribution in [0.25, 0.3) is 0 Å². The number of allylic oxidation sites excluding steroid dienone is 1. The Kier molecular flexibility index (Phi) is 6.72. The van der Waals surface area contributed by atoms with Gasteiger partial charge in [-0.25, -0.2) is 0 Å². The normalized spacial score (nSPS) is 21.4. The van der Waals surface area contributed by atoms with Crippen LogP contribution in [0.4, 0.5) is 0 Å². The van der Waals surface area contributed by atoms with E-state index < -0.39 is 0 Å². The number of nitrogens with two attached hydrogens (primary N) is 1. The van der Waals surface area contributed by atoms with Gasteiger partial charge in [-0.1, -0.05) is 19.1 Å². The molecule has 1 aliphatic heterocycles. The lowest BCUT2D eigenvalue weighted by Crippen LogP contribution is -2.31. The van der Waals surface area contributed by atoms with Gasteiger partial charge in [0.05, 0.1) is 7.11 Å². The highest BCUT2D eigenvalue weighted by Crippen LogP contribution is 2.34. The highest BCUT2D eigenvalue weighted by Gasteiger charge is 2.32. The van der Waals surface area contributed by atoms with Crippen molar-refractivity contribution >= 4 is 12.4 Å². The van der Waals surface area contributed by atoms with Crippen molar-refractivity contribution < 1.29 is 9.84 Å². The lowest BCUT2D eigenvalue weighted by atomic mass is 9.90. The monoisotopic (exact) mass is 326 g/mol. The number of phenols is 1. The lowest BCUT2D eigenvalue weighted by molar-refractivity contribution is 0.274. The first-order valence-corrected chi connectivity index (χ1v) is 7.43. The van der Waals surface area contributed by atoms with Crippen LogP contribution in [-0.2, 0) is 13.0 Å². The first kappa shape index (κ1) is 18.8. The molecule has 1 aromatic rings. The molecule has 124 valence electrons. The smallest absolute Gasteiger partial charge is 0.161 e. The number of phenolic OH excluding ortho intramolecular Hbond substituents is 1. The summed E-state index contributed by atoms with van der Waals surface area (Å²) < 4.78 is 5.28. The number of nitrogens with zero attached hydrogens (tertiary/aromatic N) is 1. The molecule has 1 unspecified atom stereocenters. The molecule has 1 fully saturated rings. The van der Waals surface area contributed by atoms with Crippen molar-refractivity contribution in [2.45, 2.75) is 26.3 Å². The summed E-state index contributed by atoms with van der Waals surface area (Å²) in [4.78, 5) is 2.41. The molecule has 5 heteroatoms. The molecule has 0 amide bonds. The number of hydrogen-bond acceptors (Lipinski definition) is 4. The summed E-state index contributed by atoms with van der Waals surface area (Å²) in [6.45, 7) is 9.65. The number of likely N-dealkylation sites (tertiary alicyclic amines) is 1. The quantitative estimate of drug-likeness (QED) is 0.789. The maximum atomic E-state index is 10.1. The Hall–Kier alpha value is -1.23. The Morgan fingerprint density at radius 2 is 2.23 bits per heavy atom. The fraction of sp³-hybridized carbons (Fsp3) is 0.529. The van der Waals surface area contributed by atoms with Gasteiger partial charge in [-0.2, -0.15) is 0 Å². The zero-order valence-corrected chi connectivity index (χ0v) is 14.3. The molecule has 0 aliphatic carbocycles. The predicted molar refractivity (Wildman–Crippen MR) is 92.9 cm³/mol. The van der Waals surface area contributed by atoms with E-state index >= 15 is 0 Å². The van der Waals surface area contributed by atoms with E-state index in [-0.39, 0.29) is 23.6 Å². The van der Waals surface area contributed by atoms with Crippen LogP contribution in [0, 0.1) is 5.41 Å². The third-order valence-corrected chi connectivity index (χ3v) is 4.33. The first-order chi connectivity index (χ1) is 10.0. The molecule has 1 heterocycles. The van der Waals surface area contributed by atoms with Gasteiger partial charge in [0.2, 0.25) is 0 Å². The molecule has 1 saturated heterocycles. The van der Waals surface area contributed by atoms with Crippen LogP contribution in [-0.4, -0.2) is 36.8 Å². The van der Waals surface area contributed by atoms with Gasteiger partial charge in [-0.05, 0) is 43.0 Å². The van der Waals surface area contributed by atoms with Gasteiger partial charge in [-0.15, -0.1) is 19.0 Å². The Morgan fingerprint density at radius 3 is 2.77 bits per heavy atom. The summed E-state index contributed by atoms with van der Waals surface area (Å²) in [6, 6.07) is 3.96. The summed E-state index contributed by atoms with van der Waals surface area (Å²) in [6.07, 6.45) is 3.56. The Bertz CT molecular complexity index is 522. The molecule has 4 nitrogen and oxygen atoms in total. The molecule has 2 rings (SSSR count). The first-order valence-electron chi connectivity index (χ1n) is 7.43. The molecule has 0 saturated carbocycles. The summed E-state index contributed by atoms with van der Waals surface area (Å²) in [5, 5.41) is 10.1. The van der Waals surface area contributed by atoms with Gasteiger partial charge in [0.15, 0.2) is 11.5 Å². The maximum Gasteiger partial charge on any atom is 0.161 e. The molecule has 1 aromatic carbocycles. The van der Waals surface area contributed by atoms with E-state index in [0.717, 1.165) is 43.7 Å². The molecule has 1 aliphatic rings. The summed E-state index contributed by atoms with van der Waals surface area (Å²) in [7, 11) is 1.58. The van der Waals surface area contributed by atoms with E-state index in [1.807, 2.05) is 12.1 Å². The molecule has 22 heavy (non-hydrogen) atoms. The summed E-state index contributed by atoms with van der Waals surface area (Å²) in [5.41, 5.74) is 8.11. The van der Waals surface area contributed by atoms with Crippen LogP contribution in [0.3, 0.4) is 0 Å². The second-order valence-electron chi connectivity index (χ2n) is 6.27. The average molecular weight is 327 g/mol. The topological polar surface area (TPSA) is 58.7 Å². The van der Waals surface area contributed by atoms with Gasteiger partial charge in [0.1, 0.15) is 0 Å². The third-order valence-electron chi connectivity index (χ3n) is 4.33. The van der Waals surface area contributed by atoms with Crippen LogP contribution in [0.15, 0.2) is 24.8 Å². The lowest BCUT2D eigenvalue weighted by Gasteiger charge is -2.23. The van der Waals surface area contributed by atoms with Crippen LogP contribution in [0.5, 0.6) is 11.5 Å². The van der Waals surface area contributed by atoms with Crippen LogP contribution in [0.1, 0.15) is 24.5 Å². The van der Waals surface area contributed by atoms with Crippen molar-refractivity contribution in [2.75, 3.05) is 26.7 Å². The molecular weight excluding hydrogens is 300 g/mol. The third kappa shape index (κ3) is 4.15. The van der Waals surface area contributed by atoms with Crippen LogP contribution >= 0.6 is 12.4 Å². The standard InChI is InChI=1S/C17H26N2O2.ClH/c1-4-5-14-8-13(9-15(21-3)16(14)20)10-19-7-6-17(2,11-18)12-19;/h4,8-9,20H,1,5-7,10-12,18H2,2-3H3;1H. The molecule has 0 radical (unpaired) electrons. The fourth-order valence-electron chi connectivity index (χ4n) is 2.97. The van der Waals surface area contributed by atoms with Gasteiger partial charge < -0.3 is 15.6 Å². The Morgan fingerprint density at radius 1 is 1.50 bits per heavy atom. The number of ether oxygens (including phenoxy) is 1. The number of halogens is 1. The minimum atomic E-state index is 0. The number of benzene rings is 1. The van der Waals surface area contributed by atoms with Crippen molar-refractivity contribution in [1.29, 1.82) is 0 Å². The zero-order chi connectivity index (χ0) is 15.5. The molecular formula is C17H27ClN2O2. The second kappa shape index (κ2) is 7.86. The molecule has 0 bridgehead atoms. The number of hydrogen-bond donors (Lipinski definition) is 2. The largest absolute Gasteiger partial charge is 0.504 e.